The number of nitrogens with zero attached hydrogens (tertiary/aromatic N) is 4. The van der Waals surface area contributed by atoms with E-state index >= 15 is 0 Å². The SMILES string of the molecule is N#Cc1cccc(-c2ccccc2-n2c3ccccc3c3ccc4c(c5ccccc5n4-c4ccccc4)c32)c1-n1c2ccccc2c2cc3c(cc21)oc1ccccc13. The summed E-state index contributed by atoms with van der Waals surface area (Å²) in [6, 6.07) is 71.2. The number of benzene rings is 9. The Kier molecular flexibility index (Phi) is 6.73. The maximum atomic E-state index is 11.0. The summed E-state index contributed by atoms with van der Waals surface area (Å²) in [5, 5.41) is 20.1. The summed E-state index contributed by atoms with van der Waals surface area (Å²) in [6.45, 7) is 0. The molecule has 0 aliphatic rings. The number of nitriles is 1. The lowest BCUT2D eigenvalue weighted by Crippen LogP contribution is -2.03. The summed E-state index contributed by atoms with van der Waals surface area (Å²) in [4.78, 5) is 0. The highest BCUT2D eigenvalue weighted by atomic mass is 16.3. The summed E-state index contributed by atoms with van der Waals surface area (Å²) in [5.41, 5.74) is 13.8. The molecule has 60 heavy (non-hydrogen) atoms. The predicted molar refractivity (Wildman–Crippen MR) is 247 cm³/mol. The average Bonchev–Trinajstić information content (AvgIpc) is 4.04. The van der Waals surface area contributed by atoms with E-state index in [1.165, 1.54) is 21.5 Å². The first kappa shape index (κ1) is 32.7. The second-order valence-corrected chi connectivity index (χ2v) is 15.5. The van der Waals surface area contributed by atoms with Crippen molar-refractivity contribution in [2.45, 2.75) is 0 Å². The van der Waals surface area contributed by atoms with Crippen LogP contribution in [-0.2, 0) is 0 Å². The molecule has 0 N–H and O–H groups in total. The second-order valence-electron chi connectivity index (χ2n) is 15.5. The number of fused-ring (bicyclic) bond motifs is 13. The lowest BCUT2D eigenvalue weighted by Gasteiger charge is -2.19. The lowest BCUT2D eigenvalue weighted by atomic mass is 9.97. The van der Waals surface area contributed by atoms with E-state index in [4.69, 9.17) is 4.42 Å². The minimum absolute atomic E-state index is 0.588. The van der Waals surface area contributed by atoms with Crippen molar-refractivity contribution in [1.82, 2.24) is 13.7 Å². The van der Waals surface area contributed by atoms with Crippen LogP contribution in [0.15, 0.2) is 199 Å². The van der Waals surface area contributed by atoms with Crippen LogP contribution in [0.4, 0.5) is 0 Å². The van der Waals surface area contributed by atoms with Crippen molar-refractivity contribution in [1.29, 1.82) is 5.26 Å². The van der Waals surface area contributed by atoms with E-state index in [2.05, 4.69) is 190 Å². The number of rotatable bonds is 4. The quantitative estimate of drug-likeness (QED) is 0.179. The van der Waals surface area contributed by atoms with Gasteiger partial charge < -0.3 is 18.1 Å². The molecule has 0 unspecified atom stereocenters. The van der Waals surface area contributed by atoms with Gasteiger partial charge in [-0.15, -0.1) is 0 Å². The minimum Gasteiger partial charge on any atom is -0.456 e. The van der Waals surface area contributed by atoms with Crippen molar-refractivity contribution in [3.63, 3.8) is 0 Å². The third-order valence-electron chi connectivity index (χ3n) is 12.5. The summed E-state index contributed by atoms with van der Waals surface area (Å²) in [7, 11) is 0. The van der Waals surface area contributed by atoms with Crippen molar-refractivity contribution in [2.75, 3.05) is 0 Å². The molecule has 278 valence electrons. The molecule has 0 fully saturated rings. The molecule has 5 nitrogen and oxygen atoms in total. The van der Waals surface area contributed by atoms with Crippen LogP contribution >= 0.6 is 0 Å². The van der Waals surface area contributed by atoms with E-state index < -0.39 is 0 Å². The van der Waals surface area contributed by atoms with Crippen LogP contribution in [0.1, 0.15) is 5.56 Å². The Morgan fingerprint density at radius 3 is 1.82 bits per heavy atom. The molecule has 5 heteroatoms. The first-order chi connectivity index (χ1) is 29.8. The third kappa shape index (κ3) is 4.39. The van der Waals surface area contributed by atoms with Gasteiger partial charge in [-0.3, -0.25) is 0 Å². The Bertz CT molecular complexity index is 3960. The first-order valence-corrected chi connectivity index (χ1v) is 20.3. The van der Waals surface area contributed by atoms with Gasteiger partial charge in [0.25, 0.3) is 0 Å². The second kappa shape index (κ2) is 12.3. The Morgan fingerprint density at radius 1 is 0.383 bits per heavy atom. The highest BCUT2D eigenvalue weighted by Gasteiger charge is 2.25. The van der Waals surface area contributed by atoms with Gasteiger partial charge in [0.1, 0.15) is 17.2 Å². The van der Waals surface area contributed by atoms with Crippen molar-refractivity contribution in [3.05, 3.63) is 200 Å². The summed E-state index contributed by atoms with van der Waals surface area (Å²) in [5.74, 6) is 0. The van der Waals surface area contributed by atoms with E-state index in [0.29, 0.717) is 5.56 Å². The molecule has 0 saturated heterocycles. The normalized spacial score (nSPS) is 12.0. The highest BCUT2D eigenvalue weighted by Crippen LogP contribution is 2.46. The number of hydrogen-bond donors (Lipinski definition) is 0. The molecule has 0 aliphatic carbocycles. The molecular formula is C55H32N4O. The lowest BCUT2D eigenvalue weighted by molar-refractivity contribution is 0.669. The molecule has 0 aliphatic heterocycles. The first-order valence-electron chi connectivity index (χ1n) is 20.3. The zero-order valence-electron chi connectivity index (χ0n) is 32.2. The number of para-hydroxylation sites is 7. The molecule has 0 atom stereocenters. The molecule has 13 aromatic rings. The Labute approximate surface area is 343 Å². The maximum Gasteiger partial charge on any atom is 0.137 e. The summed E-state index contributed by atoms with van der Waals surface area (Å²) in [6.07, 6.45) is 0. The molecule has 0 saturated carbocycles. The summed E-state index contributed by atoms with van der Waals surface area (Å²) >= 11 is 0. The van der Waals surface area contributed by atoms with Gasteiger partial charge >= 0.3 is 0 Å². The smallest absolute Gasteiger partial charge is 0.137 e. The standard InChI is InChI=1S/C55H32N4O/c56-33-34-15-14-23-40(54(34)59-47-26-11-6-20-38(47)43-31-44-39-21-8-13-28-51(39)60-52(44)32-50(43)59)36-18-4-9-24-45(36)58-46-25-10-5-19-37(46)41-29-30-49-53(55(41)58)42-22-7-12-27-48(42)57(49)35-16-2-1-3-17-35/h1-32H. The summed E-state index contributed by atoms with van der Waals surface area (Å²) < 4.78 is 13.6. The van der Waals surface area contributed by atoms with E-state index in [1.807, 2.05) is 24.3 Å². The number of furan rings is 1. The zero-order chi connectivity index (χ0) is 39.5. The highest BCUT2D eigenvalue weighted by molar-refractivity contribution is 6.26. The Morgan fingerprint density at radius 2 is 1.02 bits per heavy atom. The van der Waals surface area contributed by atoms with Gasteiger partial charge in [0.15, 0.2) is 0 Å². The maximum absolute atomic E-state index is 11.0. The van der Waals surface area contributed by atoms with Gasteiger partial charge in [0.2, 0.25) is 0 Å². The Hall–Kier alpha value is -8.33. The fraction of sp³-hybridized carbons (Fsp3) is 0. The third-order valence-corrected chi connectivity index (χ3v) is 12.5. The number of hydrogen-bond acceptors (Lipinski definition) is 2. The van der Waals surface area contributed by atoms with Crippen molar-refractivity contribution >= 4 is 87.4 Å². The molecule has 9 aromatic carbocycles. The van der Waals surface area contributed by atoms with Gasteiger partial charge in [-0.1, -0.05) is 127 Å². The van der Waals surface area contributed by atoms with Crippen LogP contribution in [0.3, 0.4) is 0 Å². The number of aromatic nitrogens is 3. The Balaban J connectivity index is 1.15. The molecule has 0 bridgehead atoms. The van der Waals surface area contributed by atoms with Crippen molar-refractivity contribution < 1.29 is 4.42 Å². The minimum atomic E-state index is 0.588. The molecule has 0 radical (unpaired) electrons. The molecule has 4 heterocycles. The molecular weight excluding hydrogens is 733 g/mol. The van der Waals surface area contributed by atoms with Gasteiger partial charge in [-0.2, -0.15) is 5.26 Å². The van der Waals surface area contributed by atoms with Crippen LogP contribution in [-0.4, -0.2) is 13.7 Å². The van der Waals surface area contributed by atoms with Gasteiger partial charge in [-0.05, 0) is 60.7 Å². The zero-order valence-corrected chi connectivity index (χ0v) is 32.2. The van der Waals surface area contributed by atoms with Crippen LogP contribution in [0.5, 0.6) is 0 Å². The fourth-order valence-corrected chi connectivity index (χ4v) is 10.0. The van der Waals surface area contributed by atoms with Gasteiger partial charge in [0, 0.05) is 66.0 Å². The predicted octanol–water partition coefficient (Wildman–Crippen LogP) is 14.4. The van der Waals surface area contributed by atoms with Gasteiger partial charge in [-0.25, -0.2) is 0 Å². The van der Waals surface area contributed by atoms with Crippen LogP contribution in [0, 0.1) is 11.3 Å². The monoisotopic (exact) mass is 764 g/mol. The average molecular weight is 765 g/mol. The topological polar surface area (TPSA) is 51.7 Å². The molecule has 0 amide bonds. The van der Waals surface area contributed by atoms with E-state index in [0.717, 1.165) is 94.0 Å². The van der Waals surface area contributed by atoms with E-state index in [1.54, 1.807) is 0 Å². The van der Waals surface area contributed by atoms with Crippen molar-refractivity contribution in [3.8, 4) is 34.3 Å². The van der Waals surface area contributed by atoms with E-state index in [9.17, 15) is 5.26 Å². The molecule has 13 rings (SSSR count). The molecule has 0 spiro atoms. The molecule has 4 aromatic heterocycles. The largest absolute Gasteiger partial charge is 0.456 e. The van der Waals surface area contributed by atoms with Crippen molar-refractivity contribution in [2.24, 2.45) is 0 Å². The van der Waals surface area contributed by atoms with Gasteiger partial charge in [0.05, 0.1) is 50.0 Å². The van der Waals surface area contributed by atoms with Crippen LogP contribution < -0.4 is 0 Å². The van der Waals surface area contributed by atoms with Crippen LogP contribution in [0.2, 0.25) is 0 Å². The fourth-order valence-electron chi connectivity index (χ4n) is 10.0. The van der Waals surface area contributed by atoms with E-state index in [-0.39, 0.29) is 0 Å². The van der Waals surface area contributed by atoms with Crippen LogP contribution in [0.25, 0.3) is 116 Å².